The third kappa shape index (κ3) is 5.29. The monoisotopic (exact) mass is 138 g/mol. The maximum Gasteiger partial charge on any atom is 0.178 e. The van der Waals surface area contributed by atoms with Gasteiger partial charge in [-0.1, -0.05) is 18.6 Å². The summed E-state index contributed by atoms with van der Waals surface area (Å²) in [5.41, 5.74) is 1.05. The Labute approximate surface area is 62.4 Å². The molecular formula is C9H14O. The lowest BCUT2D eigenvalue weighted by molar-refractivity contribution is -0.110. The molecule has 0 heterocycles. The Hall–Kier alpha value is -0.850. The summed E-state index contributed by atoms with van der Waals surface area (Å²) >= 11 is 0. The molecule has 0 unspecified atom stereocenters. The highest BCUT2D eigenvalue weighted by Gasteiger charge is 1.86. The number of allylic oxidation sites excluding steroid dienone is 4. The van der Waals surface area contributed by atoms with E-state index in [4.69, 9.17) is 0 Å². The molecule has 0 saturated heterocycles. The molecular weight excluding hydrogens is 124 g/mol. The second-order valence-electron chi connectivity index (χ2n) is 2.43. The van der Waals surface area contributed by atoms with Crippen molar-refractivity contribution in [3.05, 3.63) is 23.8 Å². The summed E-state index contributed by atoms with van der Waals surface area (Å²) in [6.07, 6.45) is 6.02. The summed E-state index contributed by atoms with van der Waals surface area (Å²) < 4.78 is 0. The molecule has 1 nitrogen and oxygen atoms in total. The highest BCUT2D eigenvalue weighted by atomic mass is 16.1. The normalized spacial score (nSPS) is 9.90. The van der Waals surface area contributed by atoms with Crippen LogP contribution in [-0.4, -0.2) is 5.78 Å². The van der Waals surface area contributed by atoms with Gasteiger partial charge in [0.25, 0.3) is 0 Å². The SMILES string of the molecule is CCC=CC(=O)C=C(C)C. The summed E-state index contributed by atoms with van der Waals surface area (Å²) in [4.78, 5) is 10.8. The minimum absolute atomic E-state index is 0.0850. The van der Waals surface area contributed by atoms with Crippen molar-refractivity contribution in [2.75, 3.05) is 0 Å². The van der Waals surface area contributed by atoms with E-state index in [2.05, 4.69) is 0 Å². The van der Waals surface area contributed by atoms with Crippen LogP contribution in [0.15, 0.2) is 23.8 Å². The molecule has 0 rings (SSSR count). The average Bonchev–Trinajstić information content (AvgIpc) is 1.82. The molecule has 0 aromatic carbocycles. The van der Waals surface area contributed by atoms with Gasteiger partial charge in [0.1, 0.15) is 0 Å². The number of carbonyl (C=O) groups excluding carboxylic acids is 1. The number of ketones is 1. The molecule has 0 atom stereocenters. The van der Waals surface area contributed by atoms with Crippen LogP contribution in [-0.2, 0) is 4.79 Å². The first-order chi connectivity index (χ1) is 4.66. The first kappa shape index (κ1) is 9.15. The van der Waals surface area contributed by atoms with Gasteiger partial charge < -0.3 is 0 Å². The molecule has 10 heavy (non-hydrogen) atoms. The van der Waals surface area contributed by atoms with Crippen LogP contribution in [0.4, 0.5) is 0 Å². The third-order valence-electron chi connectivity index (χ3n) is 0.949. The van der Waals surface area contributed by atoms with Gasteiger partial charge in [0.15, 0.2) is 5.78 Å². The van der Waals surface area contributed by atoms with Gasteiger partial charge >= 0.3 is 0 Å². The van der Waals surface area contributed by atoms with E-state index >= 15 is 0 Å². The van der Waals surface area contributed by atoms with Crippen molar-refractivity contribution >= 4 is 5.78 Å². The van der Waals surface area contributed by atoms with Crippen LogP contribution in [0.2, 0.25) is 0 Å². The summed E-state index contributed by atoms with van der Waals surface area (Å²) in [5, 5.41) is 0. The van der Waals surface area contributed by atoms with Crippen LogP contribution in [0, 0.1) is 0 Å². The fraction of sp³-hybridized carbons (Fsp3) is 0.444. The fourth-order valence-corrected chi connectivity index (χ4v) is 0.567. The number of hydrogen-bond acceptors (Lipinski definition) is 1. The Morgan fingerprint density at radius 3 is 2.40 bits per heavy atom. The molecule has 0 spiro atoms. The van der Waals surface area contributed by atoms with Gasteiger partial charge in [-0.15, -0.1) is 0 Å². The van der Waals surface area contributed by atoms with Crippen molar-refractivity contribution in [2.24, 2.45) is 0 Å². The van der Waals surface area contributed by atoms with E-state index < -0.39 is 0 Å². The predicted molar refractivity (Wildman–Crippen MR) is 43.9 cm³/mol. The van der Waals surface area contributed by atoms with Gasteiger partial charge in [-0.05, 0) is 32.4 Å². The largest absolute Gasteiger partial charge is 0.290 e. The Kier molecular flexibility index (Phi) is 4.55. The van der Waals surface area contributed by atoms with E-state index in [-0.39, 0.29) is 5.78 Å². The zero-order valence-electron chi connectivity index (χ0n) is 6.85. The van der Waals surface area contributed by atoms with E-state index in [1.54, 1.807) is 12.2 Å². The minimum Gasteiger partial charge on any atom is -0.290 e. The van der Waals surface area contributed by atoms with Crippen LogP contribution in [0.25, 0.3) is 0 Å². The first-order valence-electron chi connectivity index (χ1n) is 3.52. The number of hydrogen-bond donors (Lipinski definition) is 0. The van der Waals surface area contributed by atoms with Crippen molar-refractivity contribution in [1.82, 2.24) is 0 Å². The lowest BCUT2D eigenvalue weighted by atomic mass is 10.2. The van der Waals surface area contributed by atoms with E-state index in [9.17, 15) is 4.79 Å². The molecule has 1 heteroatoms. The Balaban J connectivity index is 3.87. The lowest BCUT2D eigenvalue weighted by Gasteiger charge is -1.84. The highest BCUT2D eigenvalue weighted by molar-refractivity contribution is 5.99. The topological polar surface area (TPSA) is 17.1 Å². The van der Waals surface area contributed by atoms with E-state index in [0.29, 0.717) is 0 Å². The van der Waals surface area contributed by atoms with Crippen molar-refractivity contribution in [3.8, 4) is 0 Å². The van der Waals surface area contributed by atoms with Crippen LogP contribution in [0.3, 0.4) is 0 Å². The molecule has 0 aliphatic rings. The molecule has 0 aromatic rings. The summed E-state index contributed by atoms with van der Waals surface area (Å²) in [6, 6.07) is 0. The molecule has 0 radical (unpaired) electrons. The quantitative estimate of drug-likeness (QED) is 0.547. The molecule has 0 aliphatic heterocycles. The van der Waals surface area contributed by atoms with Crippen molar-refractivity contribution in [1.29, 1.82) is 0 Å². The Morgan fingerprint density at radius 2 is 2.00 bits per heavy atom. The molecule has 0 N–H and O–H groups in total. The average molecular weight is 138 g/mol. The zero-order valence-corrected chi connectivity index (χ0v) is 6.85. The van der Waals surface area contributed by atoms with Crippen molar-refractivity contribution in [2.45, 2.75) is 27.2 Å². The summed E-state index contributed by atoms with van der Waals surface area (Å²) in [5.74, 6) is 0.0850. The van der Waals surface area contributed by atoms with E-state index in [1.165, 1.54) is 0 Å². The molecule has 56 valence electrons. The van der Waals surface area contributed by atoms with E-state index in [1.807, 2.05) is 26.8 Å². The molecule has 0 saturated carbocycles. The first-order valence-corrected chi connectivity index (χ1v) is 3.52. The molecule has 0 bridgehead atoms. The van der Waals surface area contributed by atoms with Crippen LogP contribution < -0.4 is 0 Å². The number of rotatable bonds is 3. The molecule has 0 aromatic heterocycles. The van der Waals surface area contributed by atoms with Crippen LogP contribution in [0.1, 0.15) is 27.2 Å². The van der Waals surface area contributed by atoms with Gasteiger partial charge in [-0.3, -0.25) is 4.79 Å². The van der Waals surface area contributed by atoms with Crippen LogP contribution >= 0.6 is 0 Å². The highest BCUT2D eigenvalue weighted by Crippen LogP contribution is 1.90. The maximum absolute atomic E-state index is 10.8. The van der Waals surface area contributed by atoms with Gasteiger partial charge in [0.2, 0.25) is 0 Å². The van der Waals surface area contributed by atoms with Gasteiger partial charge in [-0.2, -0.15) is 0 Å². The zero-order chi connectivity index (χ0) is 7.98. The van der Waals surface area contributed by atoms with Crippen molar-refractivity contribution in [3.63, 3.8) is 0 Å². The van der Waals surface area contributed by atoms with Gasteiger partial charge in [0, 0.05) is 0 Å². The fourth-order valence-electron chi connectivity index (χ4n) is 0.567. The lowest BCUT2D eigenvalue weighted by Crippen LogP contribution is -1.85. The van der Waals surface area contributed by atoms with Gasteiger partial charge in [0.05, 0.1) is 0 Å². The standard InChI is InChI=1S/C9H14O/c1-4-5-6-9(10)7-8(2)3/h5-7H,4H2,1-3H3. The Bertz CT molecular complexity index is 160. The smallest absolute Gasteiger partial charge is 0.178 e. The molecule has 0 amide bonds. The molecule has 0 aliphatic carbocycles. The Morgan fingerprint density at radius 1 is 1.40 bits per heavy atom. The maximum atomic E-state index is 10.8. The second-order valence-corrected chi connectivity index (χ2v) is 2.43. The van der Waals surface area contributed by atoms with E-state index in [0.717, 1.165) is 12.0 Å². The summed E-state index contributed by atoms with van der Waals surface area (Å²) in [6.45, 7) is 5.83. The predicted octanol–water partition coefficient (Wildman–Crippen LogP) is 2.49. The number of carbonyl (C=O) groups is 1. The minimum atomic E-state index is 0.0850. The molecule has 0 fully saturated rings. The summed E-state index contributed by atoms with van der Waals surface area (Å²) in [7, 11) is 0. The van der Waals surface area contributed by atoms with Crippen molar-refractivity contribution < 1.29 is 4.79 Å². The van der Waals surface area contributed by atoms with Crippen LogP contribution in [0.5, 0.6) is 0 Å². The second kappa shape index (κ2) is 4.98. The third-order valence-corrected chi connectivity index (χ3v) is 0.949. The van der Waals surface area contributed by atoms with Gasteiger partial charge in [-0.25, -0.2) is 0 Å².